The molecule has 1 atom stereocenters. The Kier molecular flexibility index (Phi) is 6.04. The lowest BCUT2D eigenvalue weighted by Gasteiger charge is -2.26. The van der Waals surface area contributed by atoms with Gasteiger partial charge in [0.15, 0.2) is 0 Å². The Hall–Kier alpha value is -2.27. The Labute approximate surface area is 146 Å². The van der Waals surface area contributed by atoms with Crippen molar-refractivity contribution in [2.24, 2.45) is 5.92 Å². The molecule has 1 aromatic carbocycles. The predicted molar refractivity (Wildman–Crippen MR) is 92.7 cm³/mol. The van der Waals surface area contributed by atoms with Gasteiger partial charge in [0, 0.05) is 7.05 Å². The molecule has 2 aromatic rings. The van der Waals surface area contributed by atoms with Gasteiger partial charge in [-0.1, -0.05) is 37.6 Å². The molecule has 2 rings (SSSR count). The van der Waals surface area contributed by atoms with Crippen LogP contribution in [0.1, 0.15) is 30.0 Å². The zero-order valence-electron chi connectivity index (χ0n) is 14.0. The van der Waals surface area contributed by atoms with Crippen molar-refractivity contribution in [2.75, 3.05) is 7.05 Å². The first-order valence-corrected chi connectivity index (χ1v) is 8.10. The van der Waals surface area contributed by atoms with Gasteiger partial charge in [0.1, 0.15) is 11.8 Å². The highest BCUT2D eigenvalue weighted by Crippen LogP contribution is 2.16. The summed E-state index contributed by atoms with van der Waals surface area (Å²) in [7, 11) is 1.68. The van der Waals surface area contributed by atoms with Gasteiger partial charge in [-0.05, 0) is 30.2 Å². The van der Waals surface area contributed by atoms with Gasteiger partial charge in [0.05, 0.1) is 23.4 Å². The topological polar surface area (TPSA) is 62.6 Å². The van der Waals surface area contributed by atoms with E-state index in [1.54, 1.807) is 49.7 Å². The number of benzene rings is 1. The summed E-state index contributed by atoms with van der Waals surface area (Å²) in [5.74, 6) is 0.0784. The maximum Gasteiger partial charge on any atom is 0.253 e. The van der Waals surface area contributed by atoms with Crippen LogP contribution in [0.2, 0.25) is 5.02 Å². The number of rotatable bonds is 6. The van der Waals surface area contributed by atoms with Gasteiger partial charge in [-0.15, -0.1) is 0 Å². The SMILES string of the molecule is CC(C)C(NC(=O)c1ccccc1Cl)C(=O)N(C)Cc1ccco1. The van der Waals surface area contributed by atoms with E-state index in [-0.39, 0.29) is 17.7 Å². The van der Waals surface area contributed by atoms with Crippen molar-refractivity contribution in [3.63, 3.8) is 0 Å². The predicted octanol–water partition coefficient (Wildman–Crippen LogP) is 3.35. The van der Waals surface area contributed by atoms with Crippen LogP contribution in [0.4, 0.5) is 0 Å². The lowest BCUT2D eigenvalue weighted by molar-refractivity contribution is -0.133. The Morgan fingerprint density at radius 3 is 2.50 bits per heavy atom. The quantitative estimate of drug-likeness (QED) is 0.870. The standard InChI is InChI=1S/C18H21ClN2O3/c1-12(2)16(18(23)21(3)11-13-7-6-10-24-13)20-17(22)14-8-4-5-9-15(14)19/h4-10,12,16H,11H2,1-3H3,(H,20,22). The average Bonchev–Trinajstić information content (AvgIpc) is 3.04. The third kappa shape index (κ3) is 4.38. The van der Waals surface area contributed by atoms with E-state index in [0.717, 1.165) is 0 Å². The van der Waals surface area contributed by atoms with Gasteiger partial charge >= 0.3 is 0 Å². The minimum absolute atomic E-state index is 0.0667. The maximum atomic E-state index is 12.7. The first kappa shape index (κ1) is 18.1. The molecule has 0 saturated heterocycles. The van der Waals surface area contributed by atoms with E-state index in [1.807, 2.05) is 13.8 Å². The molecule has 24 heavy (non-hydrogen) atoms. The normalized spacial score (nSPS) is 12.0. The van der Waals surface area contributed by atoms with Crippen LogP contribution in [0.25, 0.3) is 0 Å². The van der Waals surface area contributed by atoms with Crippen LogP contribution in [-0.2, 0) is 11.3 Å². The molecular weight excluding hydrogens is 328 g/mol. The highest BCUT2D eigenvalue weighted by atomic mass is 35.5. The Morgan fingerprint density at radius 1 is 1.21 bits per heavy atom. The lowest BCUT2D eigenvalue weighted by Crippen LogP contribution is -2.50. The highest BCUT2D eigenvalue weighted by molar-refractivity contribution is 6.33. The van der Waals surface area contributed by atoms with Gasteiger partial charge in [0.25, 0.3) is 5.91 Å². The average molecular weight is 349 g/mol. The number of nitrogens with zero attached hydrogens (tertiary/aromatic N) is 1. The number of nitrogens with one attached hydrogen (secondary N) is 1. The van der Waals surface area contributed by atoms with Crippen LogP contribution in [0.3, 0.4) is 0 Å². The molecule has 128 valence electrons. The number of carbonyl (C=O) groups is 2. The number of halogens is 1. The fourth-order valence-electron chi connectivity index (χ4n) is 2.33. The minimum atomic E-state index is -0.645. The van der Waals surface area contributed by atoms with Gasteiger partial charge in [0.2, 0.25) is 5.91 Å². The van der Waals surface area contributed by atoms with Crippen molar-refractivity contribution >= 4 is 23.4 Å². The van der Waals surface area contributed by atoms with E-state index in [9.17, 15) is 9.59 Å². The van der Waals surface area contributed by atoms with Crippen molar-refractivity contribution < 1.29 is 14.0 Å². The first-order valence-electron chi connectivity index (χ1n) is 7.73. The van der Waals surface area contributed by atoms with Crippen LogP contribution in [0, 0.1) is 5.92 Å². The summed E-state index contributed by atoms with van der Waals surface area (Å²) in [6.07, 6.45) is 1.56. The Balaban J connectivity index is 2.09. The van der Waals surface area contributed by atoms with E-state index in [1.165, 1.54) is 4.90 Å². The van der Waals surface area contributed by atoms with Crippen LogP contribution in [0.5, 0.6) is 0 Å². The number of amides is 2. The molecule has 0 aliphatic carbocycles. The van der Waals surface area contributed by atoms with Crippen LogP contribution in [0.15, 0.2) is 47.1 Å². The molecule has 5 nitrogen and oxygen atoms in total. The molecule has 1 heterocycles. The second-order valence-electron chi connectivity index (χ2n) is 5.95. The molecule has 0 bridgehead atoms. The number of carbonyl (C=O) groups excluding carboxylic acids is 2. The second-order valence-corrected chi connectivity index (χ2v) is 6.36. The summed E-state index contributed by atoms with van der Waals surface area (Å²) in [5, 5.41) is 3.14. The van der Waals surface area contributed by atoms with Crippen molar-refractivity contribution in [3.05, 3.63) is 59.0 Å². The summed E-state index contributed by atoms with van der Waals surface area (Å²) >= 11 is 6.05. The van der Waals surface area contributed by atoms with Gasteiger partial charge < -0.3 is 14.6 Å². The molecule has 1 aromatic heterocycles. The summed E-state index contributed by atoms with van der Waals surface area (Å²) in [6, 6.07) is 9.69. The molecule has 1 N–H and O–H groups in total. The van der Waals surface area contributed by atoms with Crippen LogP contribution in [-0.4, -0.2) is 29.8 Å². The monoisotopic (exact) mass is 348 g/mol. The molecule has 0 spiro atoms. The largest absolute Gasteiger partial charge is 0.467 e. The smallest absolute Gasteiger partial charge is 0.253 e. The van der Waals surface area contributed by atoms with E-state index < -0.39 is 6.04 Å². The fourth-order valence-corrected chi connectivity index (χ4v) is 2.55. The molecule has 0 radical (unpaired) electrons. The van der Waals surface area contributed by atoms with Crippen molar-refractivity contribution in [3.8, 4) is 0 Å². The summed E-state index contributed by atoms with van der Waals surface area (Å²) in [6.45, 7) is 4.11. The first-order chi connectivity index (χ1) is 11.4. The molecule has 2 amide bonds. The second kappa shape index (κ2) is 8.02. The van der Waals surface area contributed by atoms with Crippen molar-refractivity contribution in [2.45, 2.75) is 26.4 Å². The van der Waals surface area contributed by atoms with Crippen molar-refractivity contribution in [1.29, 1.82) is 0 Å². The molecule has 1 unspecified atom stereocenters. The van der Waals surface area contributed by atoms with E-state index in [0.29, 0.717) is 22.9 Å². The van der Waals surface area contributed by atoms with E-state index in [4.69, 9.17) is 16.0 Å². The molecule has 0 aliphatic heterocycles. The zero-order chi connectivity index (χ0) is 17.7. The molecular formula is C18H21ClN2O3. The van der Waals surface area contributed by atoms with Gasteiger partial charge in [-0.3, -0.25) is 9.59 Å². The molecule has 0 aliphatic rings. The van der Waals surface area contributed by atoms with Gasteiger partial charge in [-0.2, -0.15) is 0 Å². The fraction of sp³-hybridized carbons (Fsp3) is 0.333. The van der Waals surface area contributed by atoms with Crippen LogP contribution >= 0.6 is 11.6 Å². The number of hydrogen-bond donors (Lipinski definition) is 1. The highest BCUT2D eigenvalue weighted by Gasteiger charge is 2.28. The van der Waals surface area contributed by atoms with E-state index in [2.05, 4.69) is 5.32 Å². The lowest BCUT2D eigenvalue weighted by atomic mass is 10.0. The summed E-state index contributed by atoms with van der Waals surface area (Å²) in [4.78, 5) is 26.7. The Morgan fingerprint density at radius 2 is 1.92 bits per heavy atom. The third-order valence-electron chi connectivity index (χ3n) is 3.69. The van der Waals surface area contributed by atoms with E-state index >= 15 is 0 Å². The Bertz CT molecular complexity index is 698. The third-order valence-corrected chi connectivity index (χ3v) is 4.02. The number of likely N-dealkylation sites (N-methyl/N-ethyl adjacent to an activating group) is 1. The van der Waals surface area contributed by atoms with Gasteiger partial charge in [-0.25, -0.2) is 0 Å². The summed E-state index contributed by atoms with van der Waals surface area (Å²) < 4.78 is 5.26. The number of furan rings is 1. The number of hydrogen-bond acceptors (Lipinski definition) is 3. The van der Waals surface area contributed by atoms with Crippen LogP contribution < -0.4 is 5.32 Å². The minimum Gasteiger partial charge on any atom is -0.467 e. The maximum absolute atomic E-state index is 12.7. The summed E-state index contributed by atoms with van der Waals surface area (Å²) in [5.41, 5.74) is 0.353. The molecule has 0 fully saturated rings. The van der Waals surface area contributed by atoms with Crippen molar-refractivity contribution in [1.82, 2.24) is 10.2 Å². The zero-order valence-corrected chi connectivity index (χ0v) is 14.7. The molecule has 6 heteroatoms. The molecule has 0 saturated carbocycles.